The first-order valence-electron chi connectivity index (χ1n) is 6.48. The molecule has 1 aromatic rings. The van der Waals surface area contributed by atoms with E-state index in [-0.39, 0.29) is 17.5 Å². The van der Waals surface area contributed by atoms with E-state index in [0.717, 1.165) is 6.54 Å². The molecule has 1 aliphatic rings. The van der Waals surface area contributed by atoms with Gasteiger partial charge in [-0.25, -0.2) is 13.1 Å². The first kappa shape index (κ1) is 15.4. The molecule has 0 spiro atoms. The second-order valence-corrected chi connectivity index (χ2v) is 6.23. The number of aromatic nitrogens is 2. The van der Waals surface area contributed by atoms with E-state index in [1.54, 1.807) is 4.68 Å². The molecule has 1 fully saturated rings. The van der Waals surface area contributed by atoms with Crippen LogP contribution in [0.3, 0.4) is 0 Å². The van der Waals surface area contributed by atoms with E-state index in [9.17, 15) is 8.42 Å². The molecule has 0 amide bonds. The third-order valence-corrected chi connectivity index (χ3v) is 4.27. The molecule has 0 aromatic carbocycles. The average Bonchev–Trinajstić information content (AvgIpc) is 2.94. The Morgan fingerprint density at radius 3 is 3.05 bits per heavy atom. The maximum atomic E-state index is 12.1. The zero-order valence-corrected chi connectivity index (χ0v) is 12.2. The van der Waals surface area contributed by atoms with Gasteiger partial charge in [-0.05, 0) is 7.05 Å². The highest BCUT2D eigenvalue weighted by molar-refractivity contribution is 7.89. The van der Waals surface area contributed by atoms with Gasteiger partial charge in [0.1, 0.15) is 4.90 Å². The van der Waals surface area contributed by atoms with Crippen molar-refractivity contribution in [2.45, 2.75) is 17.5 Å². The van der Waals surface area contributed by atoms with Gasteiger partial charge in [0.25, 0.3) is 0 Å². The van der Waals surface area contributed by atoms with Gasteiger partial charge in [0.05, 0.1) is 38.7 Å². The smallest absolute Gasteiger partial charge is 0.243 e. The van der Waals surface area contributed by atoms with Crippen LogP contribution in [0.5, 0.6) is 0 Å². The molecule has 0 saturated carbocycles. The fraction of sp³-hybridized carbons (Fsp3) is 0.727. The van der Waals surface area contributed by atoms with Crippen LogP contribution in [0.4, 0.5) is 0 Å². The fourth-order valence-electron chi connectivity index (χ4n) is 1.77. The van der Waals surface area contributed by atoms with Gasteiger partial charge in [-0.3, -0.25) is 4.68 Å². The van der Waals surface area contributed by atoms with Crippen molar-refractivity contribution in [1.82, 2.24) is 19.8 Å². The maximum Gasteiger partial charge on any atom is 0.243 e. The van der Waals surface area contributed by atoms with Crippen LogP contribution in [0.2, 0.25) is 0 Å². The number of rotatable bonds is 7. The van der Waals surface area contributed by atoms with Gasteiger partial charge in [0, 0.05) is 19.3 Å². The Bertz CT molecular complexity index is 510. The van der Waals surface area contributed by atoms with Crippen molar-refractivity contribution in [3.63, 3.8) is 0 Å². The van der Waals surface area contributed by atoms with Gasteiger partial charge in [-0.2, -0.15) is 5.10 Å². The quantitative estimate of drug-likeness (QED) is 0.657. The van der Waals surface area contributed by atoms with Crippen LogP contribution in [-0.2, 0) is 26.0 Å². The molecule has 0 radical (unpaired) electrons. The predicted molar refractivity (Wildman–Crippen MR) is 71.9 cm³/mol. The van der Waals surface area contributed by atoms with E-state index in [1.165, 1.54) is 12.4 Å². The fourth-order valence-corrected chi connectivity index (χ4v) is 2.79. The predicted octanol–water partition coefficient (Wildman–Crippen LogP) is -1.20. The van der Waals surface area contributed by atoms with Gasteiger partial charge in [-0.15, -0.1) is 0 Å². The lowest BCUT2D eigenvalue weighted by molar-refractivity contribution is -0.0846. The van der Waals surface area contributed by atoms with Crippen LogP contribution >= 0.6 is 0 Å². The minimum atomic E-state index is -3.55. The van der Waals surface area contributed by atoms with Crippen molar-refractivity contribution in [2.24, 2.45) is 0 Å². The Labute approximate surface area is 118 Å². The summed E-state index contributed by atoms with van der Waals surface area (Å²) in [5, 5.41) is 6.99. The Balaban J connectivity index is 1.90. The molecule has 1 saturated heterocycles. The highest BCUT2D eigenvalue weighted by Crippen LogP contribution is 2.08. The van der Waals surface area contributed by atoms with Crippen molar-refractivity contribution in [1.29, 1.82) is 0 Å². The molecular formula is C11H20N4O4S. The molecule has 8 nitrogen and oxygen atoms in total. The zero-order chi connectivity index (χ0) is 14.4. The molecule has 0 aliphatic carbocycles. The summed E-state index contributed by atoms with van der Waals surface area (Å²) in [5.41, 5.74) is 0. The summed E-state index contributed by atoms with van der Waals surface area (Å²) in [4.78, 5) is 0.158. The molecular weight excluding hydrogens is 284 g/mol. The van der Waals surface area contributed by atoms with Crippen LogP contribution in [0.25, 0.3) is 0 Å². The van der Waals surface area contributed by atoms with Crippen LogP contribution in [0.15, 0.2) is 17.3 Å². The third-order valence-electron chi connectivity index (χ3n) is 2.90. The van der Waals surface area contributed by atoms with E-state index in [4.69, 9.17) is 9.47 Å². The van der Waals surface area contributed by atoms with E-state index in [0.29, 0.717) is 26.4 Å². The molecule has 1 aliphatic heterocycles. The first-order valence-corrected chi connectivity index (χ1v) is 7.96. The number of ether oxygens (including phenoxy) is 2. The summed E-state index contributed by atoms with van der Waals surface area (Å²) >= 11 is 0. The van der Waals surface area contributed by atoms with Crippen LogP contribution < -0.4 is 10.0 Å². The monoisotopic (exact) mass is 304 g/mol. The number of nitrogens with one attached hydrogen (secondary N) is 2. The Morgan fingerprint density at radius 2 is 2.35 bits per heavy atom. The Morgan fingerprint density at radius 1 is 1.50 bits per heavy atom. The van der Waals surface area contributed by atoms with Gasteiger partial charge < -0.3 is 14.8 Å². The van der Waals surface area contributed by atoms with E-state index >= 15 is 0 Å². The topological polar surface area (TPSA) is 94.5 Å². The minimum absolute atomic E-state index is 0.158. The number of sulfonamides is 1. The van der Waals surface area contributed by atoms with Crippen molar-refractivity contribution < 1.29 is 17.9 Å². The molecule has 1 atom stereocenters. The van der Waals surface area contributed by atoms with E-state index < -0.39 is 10.0 Å². The number of hydrogen-bond donors (Lipinski definition) is 2. The average molecular weight is 304 g/mol. The molecule has 2 N–H and O–H groups in total. The van der Waals surface area contributed by atoms with Gasteiger partial charge >= 0.3 is 0 Å². The summed E-state index contributed by atoms with van der Waals surface area (Å²) in [6.45, 7) is 3.00. The Hall–Kier alpha value is -1.00. The lowest BCUT2D eigenvalue weighted by Gasteiger charge is -2.22. The molecule has 2 rings (SSSR count). The van der Waals surface area contributed by atoms with Crippen molar-refractivity contribution in [3.8, 4) is 0 Å². The highest BCUT2D eigenvalue weighted by Gasteiger charge is 2.20. The van der Waals surface area contributed by atoms with Crippen molar-refractivity contribution in [2.75, 3.05) is 40.0 Å². The minimum Gasteiger partial charge on any atom is -0.376 e. The SMILES string of the molecule is CNCCn1cc(S(=O)(=O)NCC2COCCO2)cn1. The molecule has 2 heterocycles. The largest absolute Gasteiger partial charge is 0.376 e. The summed E-state index contributed by atoms with van der Waals surface area (Å²) < 4.78 is 38.9. The standard InChI is InChI=1S/C11H20N4O4S/c1-12-2-3-15-8-11(7-13-15)20(16,17)14-6-10-9-18-4-5-19-10/h7-8,10,12,14H,2-6,9H2,1H3. The third kappa shape index (κ3) is 4.25. The van der Waals surface area contributed by atoms with Crippen LogP contribution in [0, 0.1) is 0 Å². The molecule has 1 unspecified atom stereocenters. The maximum absolute atomic E-state index is 12.1. The van der Waals surface area contributed by atoms with Crippen LogP contribution in [-0.4, -0.2) is 64.3 Å². The number of hydrogen-bond acceptors (Lipinski definition) is 6. The second-order valence-electron chi connectivity index (χ2n) is 4.46. The summed E-state index contributed by atoms with van der Waals surface area (Å²) in [6.07, 6.45) is 2.62. The van der Waals surface area contributed by atoms with Gasteiger partial charge in [-0.1, -0.05) is 0 Å². The van der Waals surface area contributed by atoms with Crippen molar-refractivity contribution >= 4 is 10.0 Å². The number of likely N-dealkylation sites (N-methyl/N-ethyl adjacent to an activating group) is 1. The molecule has 1 aromatic heterocycles. The van der Waals surface area contributed by atoms with E-state index in [1.807, 2.05) is 7.05 Å². The molecule has 114 valence electrons. The summed E-state index contributed by atoms with van der Waals surface area (Å²) in [7, 11) is -1.72. The lowest BCUT2D eigenvalue weighted by atomic mass is 10.3. The molecule has 9 heteroatoms. The molecule has 20 heavy (non-hydrogen) atoms. The lowest BCUT2D eigenvalue weighted by Crippen LogP contribution is -2.39. The summed E-state index contributed by atoms with van der Waals surface area (Å²) in [6, 6.07) is 0. The van der Waals surface area contributed by atoms with Crippen molar-refractivity contribution in [3.05, 3.63) is 12.4 Å². The zero-order valence-electron chi connectivity index (χ0n) is 11.4. The van der Waals surface area contributed by atoms with E-state index in [2.05, 4.69) is 15.1 Å². The molecule has 0 bridgehead atoms. The summed E-state index contributed by atoms with van der Waals surface area (Å²) in [5.74, 6) is 0. The number of nitrogens with zero attached hydrogens (tertiary/aromatic N) is 2. The van der Waals surface area contributed by atoms with Crippen LogP contribution in [0.1, 0.15) is 0 Å². The first-order chi connectivity index (χ1) is 9.62. The Kier molecular flexibility index (Phi) is 5.49. The second kappa shape index (κ2) is 7.14. The van der Waals surface area contributed by atoms with Gasteiger partial charge in [0.2, 0.25) is 10.0 Å². The normalized spacial score (nSPS) is 20.1. The van der Waals surface area contributed by atoms with Gasteiger partial charge in [0.15, 0.2) is 0 Å². The highest BCUT2D eigenvalue weighted by atomic mass is 32.2.